The van der Waals surface area contributed by atoms with E-state index in [-0.39, 0.29) is 5.91 Å². The molecule has 0 radical (unpaired) electrons. The first-order chi connectivity index (χ1) is 14.2. The van der Waals surface area contributed by atoms with Gasteiger partial charge >= 0.3 is 0 Å². The van der Waals surface area contributed by atoms with E-state index < -0.39 is 0 Å². The molecule has 1 amide bonds. The van der Waals surface area contributed by atoms with E-state index in [4.69, 9.17) is 19.4 Å². The van der Waals surface area contributed by atoms with Gasteiger partial charge in [-0.2, -0.15) is 0 Å². The van der Waals surface area contributed by atoms with Crippen LogP contribution in [0.5, 0.6) is 5.75 Å². The van der Waals surface area contributed by atoms with Crippen LogP contribution in [0, 0.1) is 0 Å². The molecule has 0 spiro atoms. The largest absolute Gasteiger partial charge is 0.496 e. The number of amides is 1. The fraction of sp³-hybridized carbons (Fsp3) is 0.500. The third-order valence-electron chi connectivity index (χ3n) is 5.59. The molecular formula is C22H28N4O3. The van der Waals surface area contributed by atoms with Gasteiger partial charge in [0.1, 0.15) is 17.4 Å². The summed E-state index contributed by atoms with van der Waals surface area (Å²) in [5.41, 5.74) is 3.22. The molecule has 0 unspecified atom stereocenters. The zero-order chi connectivity index (χ0) is 20.2. The highest BCUT2D eigenvalue weighted by Crippen LogP contribution is 2.29. The Kier molecular flexibility index (Phi) is 5.94. The molecule has 7 heteroatoms. The second-order valence-corrected chi connectivity index (χ2v) is 7.40. The Labute approximate surface area is 171 Å². The van der Waals surface area contributed by atoms with Gasteiger partial charge < -0.3 is 19.3 Å². The smallest absolute Gasteiger partial charge is 0.222 e. The maximum absolute atomic E-state index is 12.3. The van der Waals surface area contributed by atoms with Crippen LogP contribution in [0.4, 0.5) is 5.82 Å². The summed E-state index contributed by atoms with van der Waals surface area (Å²) in [5, 5.41) is 0. The first-order valence-electron chi connectivity index (χ1n) is 10.3. The van der Waals surface area contributed by atoms with Gasteiger partial charge in [-0.3, -0.25) is 4.79 Å². The molecule has 29 heavy (non-hydrogen) atoms. The molecule has 0 atom stereocenters. The van der Waals surface area contributed by atoms with Crippen molar-refractivity contribution < 1.29 is 14.3 Å². The average molecular weight is 396 g/mol. The number of benzene rings is 1. The van der Waals surface area contributed by atoms with Gasteiger partial charge in [-0.25, -0.2) is 9.97 Å². The van der Waals surface area contributed by atoms with Crippen molar-refractivity contribution in [1.82, 2.24) is 14.9 Å². The van der Waals surface area contributed by atoms with Crippen molar-refractivity contribution in [1.29, 1.82) is 0 Å². The predicted molar refractivity (Wildman–Crippen MR) is 110 cm³/mol. The summed E-state index contributed by atoms with van der Waals surface area (Å²) >= 11 is 0. The highest BCUT2D eigenvalue weighted by molar-refractivity contribution is 5.76. The minimum absolute atomic E-state index is 0.182. The monoisotopic (exact) mass is 396 g/mol. The number of rotatable bonds is 5. The molecule has 7 nitrogen and oxygen atoms in total. The Bertz CT molecular complexity index is 880. The number of methoxy groups -OCH3 is 1. The molecular weight excluding hydrogens is 368 g/mol. The van der Waals surface area contributed by atoms with Crippen molar-refractivity contribution in [2.75, 3.05) is 44.9 Å². The fourth-order valence-corrected chi connectivity index (χ4v) is 4.02. The van der Waals surface area contributed by atoms with Crippen molar-refractivity contribution >= 4 is 11.7 Å². The molecule has 1 aromatic carbocycles. The lowest BCUT2D eigenvalue weighted by atomic mass is 10.0. The highest BCUT2D eigenvalue weighted by Gasteiger charge is 2.28. The summed E-state index contributed by atoms with van der Waals surface area (Å²) < 4.78 is 11.0. The minimum atomic E-state index is 0.182. The number of aromatic nitrogens is 2. The summed E-state index contributed by atoms with van der Waals surface area (Å²) in [6.45, 7) is 6.21. The number of nitrogens with zero attached hydrogens (tertiary/aromatic N) is 4. The molecule has 3 heterocycles. The molecule has 0 bridgehead atoms. The van der Waals surface area contributed by atoms with E-state index >= 15 is 0 Å². The van der Waals surface area contributed by atoms with Crippen molar-refractivity contribution in [3.05, 3.63) is 46.9 Å². The number of hydrogen-bond acceptors (Lipinski definition) is 6. The molecule has 0 saturated carbocycles. The topological polar surface area (TPSA) is 67.8 Å². The first kappa shape index (κ1) is 19.6. The molecule has 4 rings (SSSR count). The molecule has 2 aliphatic rings. The molecule has 1 fully saturated rings. The van der Waals surface area contributed by atoms with E-state index in [2.05, 4.69) is 11.0 Å². The molecule has 1 aromatic heterocycles. The number of ether oxygens (including phenoxy) is 2. The number of para-hydroxylation sites is 1. The van der Waals surface area contributed by atoms with Crippen LogP contribution in [-0.4, -0.2) is 60.7 Å². The molecule has 2 aromatic rings. The van der Waals surface area contributed by atoms with E-state index in [1.54, 1.807) is 7.11 Å². The normalized spacial score (nSPS) is 16.5. The predicted octanol–water partition coefficient (Wildman–Crippen LogP) is 2.21. The lowest BCUT2D eigenvalue weighted by molar-refractivity contribution is -0.131. The number of carbonyl (C=O) groups is 1. The van der Waals surface area contributed by atoms with Crippen LogP contribution in [0.25, 0.3) is 0 Å². The lowest BCUT2D eigenvalue weighted by Crippen LogP contribution is -2.41. The summed E-state index contributed by atoms with van der Waals surface area (Å²) in [6.07, 6.45) is 1.90. The highest BCUT2D eigenvalue weighted by atomic mass is 16.5. The van der Waals surface area contributed by atoms with Gasteiger partial charge in [0.15, 0.2) is 0 Å². The van der Waals surface area contributed by atoms with E-state index in [1.165, 1.54) is 0 Å². The van der Waals surface area contributed by atoms with Crippen LogP contribution < -0.4 is 9.64 Å². The van der Waals surface area contributed by atoms with Gasteiger partial charge in [-0.05, 0) is 6.07 Å². The Morgan fingerprint density at radius 3 is 2.72 bits per heavy atom. The van der Waals surface area contributed by atoms with Gasteiger partial charge in [-0.15, -0.1) is 0 Å². The van der Waals surface area contributed by atoms with Crippen LogP contribution in [0.3, 0.4) is 0 Å². The summed E-state index contributed by atoms with van der Waals surface area (Å²) in [7, 11) is 1.69. The van der Waals surface area contributed by atoms with Crippen LogP contribution >= 0.6 is 0 Å². The van der Waals surface area contributed by atoms with Gasteiger partial charge in [0, 0.05) is 50.0 Å². The van der Waals surface area contributed by atoms with Crippen LogP contribution in [0.15, 0.2) is 24.3 Å². The van der Waals surface area contributed by atoms with Crippen molar-refractivity contribution in [2.24, 2.45) is 0 Å². The zero-order valence-corrected chi connectivity index (χ0v) is 17.2. The molecule has 0 aliphatic carbocycles. The van der Waals surface area contributed by atoms with Crippen molar-refractivity contribution in [2.45, 2.75) is 32.7 Å². The van der Waals surface area contributed by atoms with Crippen LogP contribution in [0.1, 0.15) is 36.0 Å². The van der Waals surface area contributed by atoms with Crippen molar-refractivity contribution in [3.63, 3.8) is 0 Å². The van der Waals surface area contributed by atoms with Crippen molar-refractivity contribution in [3.8, 4) is 5.75 Å². The second kappa shape index (κ2) is 8.78. The summed E-state index contributed by atoms with van der Waals surface area (Å²) in [6, 6.07) is 7.99. The van der Waals surface area contributed by atoms with E-state index in [0.29, 0.717) is 39.1 Å². The van der Waals surface area contributed by atoms with E-state index in [1.807, 2.05) is 30.0 Å². The molecule has 154 valence electrons. The van der Waals surface area contributed by atoms with Gasteiger partial charge in [-0.1, -0.05) is 25.1 Å². The standard InChI is InChI=1S/C22H28N4O3/c1-3-21(27)26-9-8-18-17(15-26)22(25-10-12-29-13-11-25)24-20(23-18)14-16-6-4-5-7-19(16)28-2/h4-7H,3,8-15H2,1-2H3. The molecule has 2 aliphatic heterocycles. The average Bonchev–Trinajstić information content (AvgIpc) is 2.78. The summed E-state index contributed by atoms with van der Waals surface area (Å²) in [4.78, 5) is 26.3. The van der Waals surface area contributed by atoms with Crippen LogP contribution in [-0.2, 0) is 28.9 Å². The lowest BCUT2D eigenvalue weighted by Gasteiger charge is -2.34. The Balaban J connectivity index is 1.70. The molecule has 0 N–H and O–H groups in total. The quantitative estimate of drug-likeness (QED) is 0.772. The Morgan fingerprint density at radius 2 is 1.97 bits per heavy atom. The summed E-state index contributed by atoms with van der Waals surface area (Å²) in [5.74, 6) is 2.78. The number of morpholine rings is 1. The maximum atomic E-state index is 12.3. The van der Waals surface area contributed by atoms with Gasteiger partial charge in [0.05, 0.1) is 32.6 Å². The number of carbonyl (C=O) groups excluding carboxylic acids is 1. The minimum Gasteiger partial charge on any atom is -0.496 e. The van der Waals surface area contributed by atoms with E-state index in [0.717, 1.165) is 53.7 Å². The third kappa shape index (κ3) is 4.19. The van der Waals surface area contributed by atoms with Gasteiger partial charge in [0.25, 0.3) is 0 Å². The van der Waals surface area contributed by atoms with Gasteiger partial charge in [0.2, 0.25) is 5.91 Å². The SMILES string of the molecule is CCC(=O)N1CCc2nc(Cc3ccccc3OC)nc(N3CCOCC3)c2C1. The van der Waals surface area contributed by atoms with E-state index in [9.17, 15) is 4.79 Å². The second-order valence-electron chi connectivity index (χ2n) is 7.40. The Morgan fingerprint density at radius 1 is 1.17 bits per heavy atom. The fourth-order valence-electron chi connectivity index (χ4n) is 4.02. The number of fused-ring (bicyclic) bond motifs is 1. The zero-order valence-electron chi connectivity index (χ0n) is 17.2. The van der Waals surface area contributed by atoms with Crippen LogP contribution in [0.2, 0.25) is 0 Å². The third-order valence-corrected chi connectivity index (χ3v) is 5.59. The first-order valence-corrected chi connectivity index (χ1v) is 10.3. The number of hydrogen-bond donors (Lipinski definition) is 0. The molecule has 1 saturated heterocycles. The maximum Gasteiger partial charge on any atom is 0.222 e. The number of anilines is 1. The Hall–Kier alpha value is -2.67.